The summed E-state index contributed by atoms with van der Waals surface area (Å²) in [5, 5.41) is 5.12. The first kappa shape index (κ1) is 20.2. The van der Waals surface area contributed by atoms with Gasteiger partial charge in [0.15, 0.2) is 6.10 Å². The van der Waals surface area contributed by atoms with Gasteiger partial charge in [-0.1, -0.05) is 29.8 Å². The molecule has 0 bridgehead atoms. The maximum absolute atomic E-state index is 12.6. The molecule has 0 aliphatic heterocycles. The zero-order valence-corrected chi connectivity index (χ0v) is 17.4. The number of halogens is 1. The zero-order valence-electron chi connectivity index (χ0n) is 15.9. The summed E-state index contributed by atoms with van der Waals surface area (Å²) < 4.78 is 7.46. The Hall–Kier alpha value is -2.57. The van der Waals surface area contributed by atoms with E-state index in [1.54, 1.807) is 41.7 Å². The number of nitrogens with zero attached hydrogens (tertiary/aromatic N) is 1. The summed E-state index contributed by atoms with van der Waals surface area (Å²) in [6.07, 6.45) is -0.955. The summed E-state index contributed by atoms with van der Waals surface area (Å²) >= 11 is 7.72. The first-order chi connectivity index (χ1) is 13.4. The number of carbonyl (C=O) groups excluding carboxylic acids is 2. The van der Waals surface area contributed by atoms with Crippen LogP contribution in [-0.2, 0) is 16.1 Å². The number of aromatic nitrogens is 1. The van der Waals surface area contributed by atoms with E-state index >= 15 is 0 Å². The third-order valence-electron chi connectivity index (χ3n) is 4.47. The van der Waals surface area contributed by atoms with E-state index in [9.17, 15) is 9.59 Å². The smallest absolute Gasteiger partial charge is 0.340 e. The van der Waals surface area contributed by atoms with Crippen molar-refractivity contribution in [2.24, 2.45) is 0 Å². The van der Waals surface area contributed by atoms with Gasteiger partial charge in [0, 0.05) is 16.3 Å². The normalized spacial score (nSPS) is 11.9. The van der Waals surface area contributed by atoms with E-state index in [-0.39, 0.29) is 0 Å². The molecule has 1 atom stereocenters. The lowest BCUT2D eigenvalue weighted by Gasteiger charge is -2.14. The van der Waals surface area contributed by atoms with E-state index in [2.05, 4.69) is 16.0 Å². The van der Waals surface area contributed by atoms with Gasteiger partial charge in [-0.2, -0.15) is 0 Å². The SMILES string of the molecule is Cc1cc(C(=O)O[C@H](C)C(=O)Nc2ccccc2Cl)c(C)n1Cc1cccs1. The first-order valence-electron chi connectivity index (χ1n) is 8.82. The summed E-state index contributed by atoms with van der Waals surface area (Å²) in [4.78, 5) is 26.2. The van der Waals surface area contributed by atoms with Crippen LogP contribution in [-0.4, -0.2) is 22.5 Å². The number of esters is 1. The third-order valence-corrected chi connectivity index (χ3v) is 5.66. The topological polar surface area (TPSA) is 60.3 Å². The molecule has 1 amide bonds. The van der Waals surface area contributed by atoms with Crippen LogP contribution >= 0.6 is 22.9 Å². The monoisotopic (exact) mass is 416 g/mol. The van der Waals surface area contributed by atoms with E-state index < -0.39 is 18.0 Å². The van der Waals surface area contributed by atoms with Crippen molar-refractivity contribution in [2.45, 2.75) is 33.4 Å². The predicted octanol–water partition coefficient (Wildman–Crippen LogP) is 5.05. The molecule has 7 heteroatoms. The van der Waals surface area contributed by atoms with Crippen molar-refractivity contribution in [1.29, 1.82) is 0 Å². The molecule has 3 rings (SSSR count). The fraction of sp³-hybridized carbons (Fsp3) is 0.238. The number of thiophene rings is 1. The minimum absolute atomic E-state index is 0.423. The van der Waals surface area contributed by atoms with Gasteiger partial charge in [0.05, 0.1) is 22.8 Å². The molecule has 3 aromatic rings. The molecule has 0 aliphatic rings. The fourth-order valence-electron chi connectivity index (χ4n) is 2.88. The molecule has 0 saturated heterocycles. The van der Waals surface area contributed by atoms with E-state index in [0.29, 0.717) is 22.8 Å². The van der Waals surface area contributed by atoms with Gasteiger partial charge in [-0.25, -0.2) is 4.79 Å². The standard InChI is InChI=1S/C21H21ClN2O3S/c1-13-11-17(14(2)24(13)12-16-7-6-10-28-16)21(26)27-15(3)20(25)23-19-9-5-4-8-18(19)22/h4-11,15H,12H2,1-3H3,(H,23,25)/t15-/m1/s1. The lowest BCUT2D eigenvalue weighted by molar-refractivity contribution is -0.123. The Balaban J connectivity index is 1.69. The molecular formula is C21H21ClN2O3S. The van der Waals surface area contributed by atoms with Gasteiger partial charge in [-0.3, -0.25) is 4.79 Å². The van der Waals surface area contributed by atoms with Crippen molar-refractivity contribution >= 4 is 40.5 Å². The van der Waals surface area contributed by atoms with Gasteiger partial charge in [-0.15, -0.1) is 11.3 Å². The molecule has 0 spiro atoms. The minimum atomic E-state index is -0.955. The number of benzene rings is 1. The van der Waals surface area contributed by atoms with Gasteiger partial charge in [0.1, 0.15) is 0 Å². The van der Waals surface area contributed by atoms with Crippen molar-refractivity contribution in [3.05, 3.63) is 74.7 Å². The van der Waals surface area contributed by atoms with Crippen molar-refractivity contribution in [1.82, 2.24) is 4.57 Å². The third kappa shape index (κ3) is 4.46. The van der Waals surface area contributed by atoms with E-state index in [1.165, 1.54) is 11.8 Å². The van der Waals surface area contributed by atoms with Crippen molar-refractivity contribution in [2.75, 3.05) is 5.32 Å². The molecule has 5 nitrogen and oxygen atoms in total. The fourth-order valence-corrected chi connectivity index (χ4v) is 3.76. The molecule has 0 aliphatic carbocycles. The Labute approximate surface area is 172 Å². The Morgan fingerprint density at radius 1 is 1.21 bits per heavy atom. The Morgan fingerprint density at radius 3 is 2.64 bits per heavy atom. The second kappa shape index (κ2) is 8.63. The maximum Gasteiger partial charge on any atom is 0.340 e. The van der Waals surface area contributed by atoms with Crippen LogP contribution < -0.4 is 5.32 Å². The van der Waals surface area contributed by atoms with Crippen LogP contribution in [0, 0.1) is 13.8 Å². The average Bonchev–Trinajstić information content (AvgIpc) is 3.27. The van der Waals surface area contributed by atoms with Gasteiger partial charge in [-0.05, 0) is 50.4 Å². The van der Waals surface area contributed by atoms with Crippen LogP contribution in [0.4, 0.5) is 5.69 Å². The van der Waals surface area contributed by atoms with Crippen molar-refractivity contribution in [3.8, 4) is 0 Å². The maximum atomic E-state index is 12.6. The molecule has 2 heterocycles. The van der Waals surface area contributed by atoms with E-state index in [4.69, 9.17) is 16.3 Å². The number of amides is 1. The van der Waals surface area contributed by atoms with Gasteiger partial charge >= 0.3 is 5.97 Å². The second-order valence-electron chi connectivity index (χ2n) is 6.47. The van der Waals surface area contributed by atoms with Gasteiger partial charge < -0.3 is 14.6 Å². The van der Waals surface area contributed by atoms with Crippen LogP contribution in [0.3, 0.4) is 0 Å². The predicted molar refractivity (Wildman–Crippen MR) is 112 cm³/mol. The van der Waals surface area contributed by atoms with Crippen LogP contribution in [0.2, 0.25) is 5.02 Å². The highest BCUT2D eigenvalue weighted by molar-refractivity contribution is 7.09. The Kier molecular flexibility index (Phi) is 6.21. The number of para-hydroxylation sites is 1. The number of anilines is 1. The molecule has 0 fully saturated rings. The highest BCUT2D eigenvalue weighted by Gasteiger charge is 2.23. The summed E-state index contributed by atoms with van der Waals surface area (Å²) in [6.45, 7) is 6.07. The van der Waals surface area contributed by atoms with Crippen molar-refractivity contribution < 1.29 is 14.3 Å². The highest BCUT2D eigenvalue weighted by atomic mass is 35.5. The molecule has 0 radical (unpaired) electrons. The van der Waals surface area contributed by atoms with Gasteiger partial charge in [0.2, 0.25) is 0 Å². The van der Waals surface area contributed by atoms with Crippen LogP contribution in [0.15, 0.2) is 47.8 Å². The number of ether oxygens (including phenoxy) is 1. The number of rotatable bonds is 6. The second-order valence-corrected chi connectivity index (χ2v) is 7.91. The molecule has 0 unspecified atom stereocenters. The molecule has 2 aromatic heterocycles. The van der Waals surface area contributed by atoms with Crippen LogP contribution in [0.5, 0.6) is 0 Å². The number of nitrogens with one attached hydrogen (secondary N) is 1. The number of carbonyl (C=O) groups is 2. The summed E-state index contributed by atoms with van der Waals surface area (Å²) in [6, 6.07) is 12.8. The number of hydrogen-bond acceptors (Lipinski definition) is 4. The molecule has 1 aromatic carbocycles. The van der Waals surface area contributed by atoms with E-state index in [0.717, 1.165) is 11.4 Å². The van der Waals surface area contributed by atoms with Crippen molar-refractivity contribution in [3.63, 3.8) is 0 Å². The molecule has 146 valence electrons. The summed E-state index contributed by atoms with van der Waals surface area (Å²) in [5.74, 6) is -0.957. The Bertz CT molecular complexity index is 995. The van der Waals surface area contributed by atoms with Crippen LogP contribution in [0.25, 0.3) is 0 Å². The molecule has 28 heavy (non-hydrogen) atoms. The lowest BCUT2D eigenvalue weighted by atomic mass is 10.2. The molecule has 0 saturated carbocycles. The summed E-state index contributed by atoms with van der Waals surface area (Å²) in [5.41, 5.74) is 2.72. The Morgan fingerprint density at radius 2 is 1.96 bits per heavy atom. The first-order valence-corrected chi connectivity index (χ1v) is 10.1. The quantitative estimate of drug-likeness (QED) is 0.572. The number of hydrogen-bond donors (Lipinski definition) is 1. The summed E-state index contributed by atoms with van der Waals surface area (Å²) in [7, 11) is 0. The zero-order chi connectivity index (χ0) is 20.3. The largest absolute Gasteiger partial charge is 0.449 e. The van der Waals surface area contributed by atoms with Gasteiger partial charge in [0.25, 0.3) is 5.91 Å². The highest BCUT2D eigenvalue weighted by Crippen LogP contribution is 2.22. The average molecular weight is 417 g/mol. The van der Waals surface area contributed by atoms with Crippen LogP contribution in [0.1, 0.15) is 33.5 Å². The molecular weight excluding hydrogens is 396 g/mol. The number of aryl methyl sites for hydroxylation is 1. The minimum Gasteiger partial charge on any atom is -0.449 e. The molecule has 1 N–H and O–H groups in total. The lowest BCUT2D eigenvalue weighted by Crippen LogP contribution is -2.30. The van der Waals surface area contributed by atoms with E-state index in [1.807, 2.05) is 25.3 Å².